The van der Waals surface area contributed by atoms with Crippen LogP contribution in [-0.4, -0.2) is 22.4 Å². The predicted molar refractivity (Wildman–Crippen MR) is 113 cm³/mol. The number of carbonyl (C=O) groups excluding carboxylic acids is 1. The van der Waals surface area contributed by atoms with Gasteiger partial charge in [-0.2, -0.15) is 0 Å². The summed E-state index contributed by atoms with van der Waals surface area (Å²) in [4.78, 5) is 17.7. The Morgan fingerprint density at radius 2 is 1.90 bits per heavy atom. The molecule has 0 radical (unpaired) electrons. The molecule has 0 aliphatic rings. The molecule has 4 aromatic rings. The molecule has 6 nitrogen and oxygen atoms in total. The first-order valence-electron chi connectivity index (χ1n) is 9.39. The average Bonchev–Trinajstić information content (AvgIpc) is 3.18. The average molecular weight is 386 g/mol. The van der Waals surface area contributed by atoms with Crippen LogP contribution in [0, 0.1) is 0 Å². The van der Waals surface area contributed by atoms with E-state index in [0.717, 1.165) is 16.9 Å². The van der Waals surface area contributed by atoms with Crippen LogP contribution in [0.5, 0.6) is 5.75 Å². The number of imidazole rings is 1. The van der Waals surface area contributed by atoms with Crippen LogP contribution >= 0.6 is 0 Å². The van der Waals surface area contributed by atoms with Crippen LogP contribution in [0.25, 0.3) is 5.65 Å². The maximum atomic E-state index is 13.1. The standard InChI is InChI=1S/C23H22N4O2/c1-29-20-11-7-10-18(14-20)26-23(28)22(17-8-3-2-4-9-17)24-15-19-16-27-13-6-5-12-21(27)25-19/h2-14,16,22,24H,15H2,1H3,(H,26,28)/t22-/m1/s1. The molecule has 0 spiro atoms. The van der Waals surface area contributed by atoms with Crippen molar-refractivity contribution in [1.29, 1.82) is 0 Å². The summed E-state index contributed by atoms with van der Waals surface area (Å²) in [5.41, 5.74) is 3.31. The Morgan fingerprint density at radius 3 is 2.69 bits per heavy atom. The highest BCUT2D eigenvalue weighted by atomic mass is 16.5. The van der Waals surface area contributed by atoms with Gasteiger partial charge in [-0.3, -0.25) is 10.1 Å². The zero-order valence-corrected chi connectivity index (χ0v) is 16.1. The molecule has 1 atom stereocenters. The van der Waals surface area contributed by atoms with Gasteiger partial charge in [-0.15, -0.1) is 0 Å². The van der Waals surface area contributed by atoms with Gasteiger partial charge in [0.2, 0.25) is 5.91 Å². The van der Waals surface area contributed by atoms with E-state index in [4.69, 9.17) is 4.74 Å². The lowest BCUT2D eigenvalue weighted by Crippen LogP contribution is -2.32. The Hall–Kier alpha value is -3.64. The second-order valence-corrected chi connectivity index (χ2v) is 6.64. The fraction of sp³-hybridized carbons (Fsp3) is 0.130. The molecule has 6 heteroatoms. The SMILES string of the molecule is COc1cccc(NC(=O)[C@H](NCc2cn3ccccc3n2)c2ccccc2)c1. The predicted octanol–water partition coefficient (Wildman–Crippen LogP) is 3.81. The van der Waals surface area contributed by atoms with Gasteiger partial charge >= 0.3 is 0 Å². The summed E-state index contributed by atoms with van der Waals surface area (Å²) in [5.74, 6) is 0.546. The van der Waals surface area contributed by atoms with Crippen molar-refractivity contribution in [2.75, 3.05) is 12.4 Å². The van der Waals surface area contributed by atoms with Gasteiger partial charge in [-0.05, 0) is 29.8 Å². The Bertz CT molecular complexity index is 1080. The lowest BCUT2D eigenvalue weighted by Gasteiger charge is -2.18. The number of hydrogen-bond donors (Lipinski definition) is 2. The summed E-state index contributed by atoms with van der Waals surface area (Å²) in [6, 6.07) is 22.3. The van der Waals surface area contributed by atoms with E-state index in [1.807, 2.05) is 83.5 Å². The Morgan fingerprint density at radius 1 is 1.07 bits per heavy atom. The molecule has 1 amide bonds. The molecule has 0 saturated heterocycles. The third kappa shape index (κ3) is 4.44. The molecule has 146 valence electrons. The summed E-state index contributed by atoms with van der Waals surface area (Å²) in [7, 11) is 1.60. The number of methoxy groups -OCH3 is 1. The van der Waals surface area contributed by atoms with Crippen molar-refractivity contribution in [1.82, 2.24) is 14.7 Å². The molecular formula is C23H22N4O2. The first-order chi connectivity index (χ1) is 14.2. The summed E-state index contributed by atoms with van der Waals surface area (Å²) >= 11 is 0. The molecule has 0 aliphatic carbocycles. The molecule has 2 aromatic heterocycles. The third-order valence-electron chi connectivity index (χ3n) is 4.63. The normalized spacial score (nSPS) is 11.9. The largest absolute Gasteiger partial charge is 0.497 e. The minimum Gasteiger partial charge on any atom is -0.497 e. The lowest BCUT2D eigenvalue weighted by molar-refractivity contribution is -0.118. The quantitative estimate of drug-likeness (QED) is 0.507. The minimum absolute atomic E-state index is 0.145. The number of aromatic nitrogens is 2. The number of carbonyl (C=O) groups is 1. The van der Waals surface area contributed by atoms with Crippen molar-refractivity contribution in [3.05, 3.63) is 96.4 Å². The van der Waals surface area contributed by atoms with Crippen LogP contribution in [0.1, 0.15) is 17.3 Å². The molecule has 2 heterocycles. The zero-order chi connectivity index (χ0) is 20.1. The highest BCUT2D eigenvalue weighted by Crippen LogP contribution is 2.20. The van der Waals surface area contributed by atoms with Gasteiger partial charge in [0.1, 0.15) is 17.4 Å². The number of hydrogen-bond acceptors (Lipinski definition) is 4. The molecule has 0 bridgehead atoms. The summed E-state index contributed by atoms with van der Waals surface area (Å²) in [6.07, 6.45) is 3.92. The fourth-order valence-electron chi connectivity index (χ4n) is 3.20. The van der Waals surface area contributed by atoms with Crippen LogP contribution in [-0.2, 0) is 11.3 Å². The number of pyridine rings is 1. The van der Waals surface area contributed by atoms with E-state index in [2.05, 4.69) is 15.6 Å². The number of rotatable bonds is 7. The molecular weight excluding hydrogens is 364 g/mol. The molecule has 4 rings (SSSR count). The van der Waals surface area contributed by atoms with E-state index in [9.17, 15) is 4.79 Å². The summed E-state index contributed by atoms with van der Waals surface area (Å²) in [5, 5.41) is 6.31. The van der Waals surface area contributed by atoms with Crippen molar-refractivity contribution >= 4 is 17.2 Å². The van der Waals surface area contributed by atoms with Crippen molar-refractivity contribution in [2.45, 2.75) is 12.6 Å². The second kappa shape index (κ2) is 8.58. The zero-order valence-electron chi connectivity index (χ0n) is 16.1. The minimum atomic E-state index is -0.521. The van der Waals surface area contributed by atoms with E-state index in [0.29, 0.717) is 18.0 Å². The summed E-state index contributed by atoms with van der Waals surface area (Å²) in [6.45, 7) is 0.465. The maximum Gasteiger partial charge on any atom is 0.246 e. The first-order valence-corrected chi connectivity index (χ1v) is 9.39. The Balaban J connectivity index is 1.53. The molecule has 0 aliphatic heterocycles. The molecule has 0 saturated carbocycles. The first kappa shape index (κ1) is 18.7. The molecule has 2 aromatic carbocycles. The van der Waals surface area contributed by atoms with E-state index in [1.54, 1.807) is 13.2 Å². The number of benzene rings is 2. The van der Waals surface area contributed by atoms with Crippen molar-refractivity contribution in [3.63, 3.8) is 0 Å². The Labute approximate surface area is 169 Å². The lowest BCUT2D eigenvalue weighted by atomic mass is 10.1. The molecule has 29 heavy (non-hydrogen) atoms. The summed E-state index contributed by atoms with van der Waals surface area (Å²) < 4.78 is 7.20. The number of nitrogens with one attached hydrogen (secondary N) is 2. The van der Waals surface area contributed by atoms with Gasteiger partial charge in [-0.1, -0.05) is 42.5 Å². The van der Waals surface area contributed by atoms with Crippen LogP contribution in [0.15, 0.2) is 85.2 Å². The van der Waals surface area contributed by atoms with Gasteiger partial charge in [-0.25, -0.2) is 4.98 Å². The van der Waals surface area contributed by atoms with Gasteiger partial charge < -0.3 is 14.5 Å². The van der Waals surface area contributed by atoms with Crippen LogP contribution < -0.4 is 15.4 Å². The van der Waals surface area contributed by atoms with Crippen LogP contribution in [0.4, 0.5) is 5.69 Å². The number of anilines is 1. The smallest absolute Gasteiger partial charge is 0.246 e. The van der Waals surface area contributed by atoms with Crippen molar-refractivity contribution in [2.24, 2.45) is 0 Å². The van der Waals surface area contributed by atoms with E-state index in [-0.39, 0.29) is 5.91 Å². The Kier molecular flexibility index (Phi) is 5.54. The van der Waals surface area contributed by atoms with Crippen LogP contribution in [0.3, 0.4) is 0 Å². The number of ether oxygens (including phenoxy) is 1. The highest BCUT2D eigenvalue weighted by molar-refractivity contribution is 5.95. The maximum absolute atomic E-state index is 13.1. The number of amides is 1. The number of nitrogens with zero attached hydrogens (tertiary/aromatic N) is 2. The monoisotopic (exact) mass is 386 g/mol. The fourth-order valence-corrected chi connectivity index (χ4v) is 3.20. The van der Waals surface area contributed by atoms with Crippen molar-refractivity contribution in [3.8, 4) is 5.75 Å². The van der Waals surface area contributed by atoms with Gasteiger partial charge in [0.05, 0.1) is 12.8 Å². The van der Waals surface area contributed by atoms with Crippen molar-refractivity contribution < 1.29 is 9.53 Å². The van der Waals surface area contributed by atoms with Gasteiger partial charge in [0, 0.05) is 30.7 Å². The molecule has 2 N–H and O–H groups in total. The van der Waals surface area contributed by atoms with E-state index >= 15 is 0 Å². The van der Waals surface area contributed by atoms with E-state index < -0.39 is 6.04 Å². The topological polar surface area (TPSA) is 67.7 Å². The molecule has 0 fully saturated rings. The molecule has 0 unspecified atom stereocenters. The highest BCUT2D eigenvalue weighted by Gasteiger charge is 2.20. The van der Waals surface area contributed by atoms with Gasteiger partial charge in [0.15, 0.2) is 0 Å². The third-order valence-corrected chi connectivity index (χ3v) is 4.63. The van der Waals surface area contributed by atoms with Crippen LogP contribution in [0.2, 0.25) is 0 Å². The van der Waals surface area contributed by atoms with Gasteiger partial charge in [0.25, 0.3) is 0 Å². The number of fused-ring (bicyclic) bond motifs is 1. The second-order valence-electron chi connectivity index (χ2n) is 6.64. The van der Waals surface area contributed by atoms with E-state index in [1.165, 1.54) is 0 Å².